The van der Waals surface area contributed by atoms with Gasteiger partial charge in [-0.25, -0.2) is 9.50 Å². The summed E-state index contributed by atoms with van der Waals surface area (Å²) >= 11 is 0. The summed E-state index contributed by atoms with van der Waals surface area (Å²) in [5.41, 5.74) is 2.12. The molecule has 0 unspecified atom stereocenters. The number of hydrogen-bond acceptors (Lipinski definition) is 8. The van der Waals surface area contributed by atoms with E-state index in [9.17, 15) is 13.5 Å². The van der Waals surface area contributed by atoms with Crippen LogP contribution in [-0.2, 0) is 10.0 Å². The van der Waals surface area contributed by atoms with E-state index >= 15 is 0 Å². The molecule has 4 aromatic heterocycles. The van der Waals surface area contributed by atoms with E-state index in [1.807, 2.05) is 37.5 Å². The first-order valence-corrected chi connectivity index (χ1v) is 14.1. The van der Waals surface area contributed by atoms with E-state index in [2.05, 4.69) is 24.6 Å². The van der Waals surface area contributed by atoms with Gasteiger partial charge in [0.15, 0.2) is 5.65 Å². The maximum absolute atomic E-state index is 12.5. The van der Waals surface area contributed by atoms with Gasteiger partial charge in [-0.3, -0.25) is 5.10 Å². The lowest BCUT2D eigenvalue weighted by atomic mass is 9.93. The van der Waals surface area contributed by atoms with Gasteiger partial charge >= 0.3 is 0 Å². The summed E-state index contributed by atoms with van der Waals surface area (Å²) in [6.45, 7) is 3.48. The normalized spacial score (nSPS) is 15.9. The molecule has 0 spiro atoms. The largest absolute Gasteiger partial charge is 0.492 e. The SMILES string of the molecule is CCOc1cc(-c2ccc(N3CCC(O)(C=NS(=O)(=O)c4ccccc4)CC3)nc2)c2c3cn[nH]c3nn2c1. The molecule has 0 radical (unpaired) electrons. The van der Waals surface area contributed by atoms with Gasteiger partial charge in [-0.05, 0) is 50.1 Å². The zero-order chi connectivity index (χ0) is 27.0. The maximum atomic E-state index is 12.5. The Morgan fingerprint density at radius 2 is 1.95 bits per heavy atom. The second kappa shape index (κ2) is 9.79. The molecular weight excluding hydrogens is 518 g/mol. The van der Waals surface area contributed by atoms with E-state index < -0.39 is 15.6 Å². The number of hydrogen-bond donors (Lipinski definition) is 2. The fourth-order valence-electron chi connectivity index (χ4n) is 4.81. The maximum Gasteiger partial charge on any atom is 0.282 e. The van der Waals surface area contributed by atoms with Crippen LogP contribution in [0.5, 0.6) is 5.75 Å². The van der Waals surface area contributed by atoms with Crippen LogP contribution in [0.4, 0.5) is 5.82 Å². The van der Waals surface area contributed by atoms with Crippen molar-refractivity contribution in [3.8, 4) is 16.9 Å². The van der Waals surface area contributed by atoms with Crippen molar-refractivity contribution in [1.82, 2.24) is 24.8 Å². The Hall–Kier alpha value is -4.29. The number of anilines is 1. The fraction of sp³-hybridized carbons (Fsp3) is 0.259. The molecule has 0 bridgehead atoms. The molecular formula is C27H27N7O4S. The number of piperidine rings is 1. The summed E-state index contributed by atoms with van der Waals surface area (Å²) < 4.78 is 36.3. The molecule has 2 N–H and O–H groups in total. The number of pyridine rings is 2. The number of nitrogens with zero attached hydrogens (tertiary/aromatic N) is 6. The predicted molar refractivity (Wildman–Crippen MR) is 148 cm³/mol. The van der Waals surface area contributed by atoms with Crippen molar-refractivity contribution in [2.45, 2.75) is 30.3 Å². The van der Waals surface area contributed by atoms with Gasteiger partial charge in [-0.15, -0.1) is 5.10 Å². The van der Waals surface area contributed by atoms with Crippen molar-refractivity contribution in [3.63, 3.8) is 0 Å². The Bertz CT molecular complexity index is 1750. The van der Waals surface area contributed by atoms with Crippen molar-refractivity contribution in [2.24, 2.45) is 4.40 Å². The van der Waals surface area contributed by atoms with Crippen molar-refractivity contribution < 1.29 is 18.3 Å². The molecule has 5 heterocycles. The van der Waals surface area contributed by atoms with E-state index in [0.717, 1.165) is 27.8 Å². The van der Waals surface area contributed by atoms with Gasteiger partial charge in [-0.1, -0.05) is 18.2 Å². The zero-order valence-corrected chi connectivity index (χ0v) is 22.0. The molecule has 200 valence electrons. The number of sulfonamides is 1. The van der Waals surface area contributed by atoms with Gasteiger partial charge in [0.1, 0.15) is 17.2 Å². The molecule has 0 amide bonds. The number of rotatable bonds is 7. The molecule has 0 atom stereocenters. The highest BCUT2D eigenvalue weighted by Gasteiger charge is 2.32. The minimum atomic E-state index is -3.86. The van der Waals surface area contributed by atoms with E-state index in [4.69, 9.17) is 9.72 Å². The van der Waals surface area contributed by atoms with Gasteiger partial charge < -0.3 is 14.7 Å². The minimum Gasteiger partial charge on any atom is -0.492 e. The smallest absolute Gasteiger partial charge is 0.282 e. The fourth-order valence-corrected chi connectivity index (χ4v) is 5.77. The topological polar surface area (TPSA) is 138 Å². The summed E-state index contributed by atoms with van der Waals surface area (Å²) in [7, 11) is -3.86. The van der Waals surface area contributed by atoms with Gasteiger partial charge in [-0.2, -0.15) is 17.9 Å². The number of aromatic amines is 1. The lowest BCUT2D eigenvalue weighted by Crippen LogP contribution is -2.45. The van der Waals surface area contributed by atoms with E-state index in [-0.39, 0.29) is 4.90 Å². The van der Waals surface area contributed by atoms with Crippen LogP contribution in [0.25, 0.3) is 27.7 Å². The average Bonchev–Trinajstić information content (AvgIpc) is 3.54. The van der Waals surface area contributed by atoms with E-state index in [0.29, 0.717) is 43.9 Å². The first kappa shape index (κ1) is 25.0. The molecule has 0 aliphatic carbocycles. The van der Waals surface area contributed by atoms with Crippen molar-refractivity contribution >= 4 is 38.6 Å². The number of ether oxygens (including phenoxy) is 1. The molecule has 12 heteroatoms. The first-order chi connectivity index (χ1) is 18.9. The molecule has 1 aromatic carbocycles. The van der Waals surface area contributed by atoms with Crippen LogP contribution in [0, 0.1) is 0 Å². The third kappa shape index (κ3) is 4.84. The van der Waals surface area contributed by atoms with Crippen LogP contribution >= 0.6 is 0 Å². The standard InChI is InChI=1S/C27H27N7O4S/c1-2-38-20-14-22(25-23-16-29-31-26(23)32-34(25)17-20)19-8-9-24(28-15-19)33-12-10-27(35,11-13-33)18-30-39(36,37)21-6-4-3-5-7-21/h3-9,14-18,35H,2,10-13H2,1H3,(H,31,32). The predicted octanol–water partition coefficient (Wildman–Crippen LogP) is 3.46. The molecule has 1 fully saturated rings. The average molecular weight is 546 g/mol. The highest BCUT2D eigenvalue weighted by Crippen LogP contribution is 2.34. The third-order valence-electron chi connectivity index (χ3n) is 6.90. The number of aromatic nitrogens is 5. The van der Waals surface area contributed by atoms with Crippen LogP contribution < -0.4 is 9.64 Å². The number of nitrogens with one attached hydrogen (secondary N) is 1. The first-order valence-electron chi connectivity index (χ1n) is 12.6. The molecule has 1 saturated heterocycles. The second-order valence-corrected chi connectivity index (χ2v) is 11.1. The van der Waals surface area contributed by atoms with Crippen LogP contribution in [0.3, 0.4) is 0 Å². The highest BCUT2D eigenvalue weighted by atomic mass is 32.2. The minimum absolute atomic E-state index is 0.0973. The molecule has 39 heavy (non-hydrogen) atoms. The molecule has 1 aliphatic rings. The Morgan fingerprint density at radius 1 is 1.15 bits per heavy atom. The van der Waals surface area contributed by atoms with Crippen LogP contribution in [0.2, 0.25) is 0 Å². The van der Waals surface area contributed by atoms with Crippen molar-refractivity contribution in [1.29, 1.82) is 0 Å². The Balaban J connectivity index is 1.20. The number of aliphatic hydroxyl groups is 1. The van der Waals surface area contributed by atoms with Crippen molar-refractivity contribution in [2.75, 3.05) is 24.6 Å². The second-order valence-electron chi connectivity index (χ2n) is 9.47. The molecule has 1 aliphatic heterocycles. The van der Waals surface area contributed by atoms with E-state index in [1.165, 1.54) is 18.3 Å². The molecule has 11 nitrogen and oxygen atoms in total. The summed E-state index contributed by atoms with van der Waals surface area (Å²) in [6.07, 6.45) is 7.24. The summed E-state index contributed by atoms with van der Waals surface area (Å²) in [5, 5.41) is 23.5. The third-order valence-corrected chi connectivity index (χ3v) is 8.15. The Labute approximate surface area is 224 Å². The van der Waals surface area contributed by atoms with Gasteiger partial charge in [0.2, 0.25) is 0 Å². The lowest BCUT2D eigenvalue weighted by molar-refractivity contribution is 0.0898. The van der Waals surface area contributed by atoms with Gasteiger partial charge in [0.25, 0.3) is 10.0 Å². The Kier molecular flexibility index (Phi) is 6.28. The number of H-pyrrole nitrogens is 1. The summed E-state index contributed by atoms with van der Waals surface area (Å²) in [4.78, 5) is 6.87. The van der Waals surface area contributed by atoms with Crippen LogP contribution in [0.15, 0.2) is 76.4 Å². The Morgan fingerprint density at radius 3 is 2.67 bits per heavy atom. The lowest BCUT2D eigenvalue weighted by Gasteiger charge is -2.36. The van der Waals surface area contributed by atoms with Crippen molar-refractivity contribution in [3.05, 3.63) is 67.1 Å². The van der Waals surface area contributed by atoms with E-state index in [1.54, 1.807) is 28.9 Å². The number of benzene rings is 1. The van der Waals surface area contributed by atoms with Gasteiger partial charge in [0, 0.05) is 36.6 Å². The summed E-state index contributed by atoms with van der Waals surface area (Å²) in [5.74, 6) is 1.47. The monoisotopic (exact) mass is 545 g/mol. The molecule has 0 saturated carbocycles. The molecule has 5 aromatic rings. The highest BCUT2D eigenvalue weighted by molar-refractivity contribution is 7.90. The molecule has 6 rings (SSSR count). The van der Waals surface area contributed by atoms with Gasteiger partial charge in [0.05, 0.1) is 34.8 Å². The summed E-state index contributed by atoms with van der Waals surface area (Å²) in [6, 6.07) is 13.9. The zero-order valence-electron chi connectivity index (χ0n) is 21.2. The van der Waals surface area contributed by atoms with Crippen LogP contribution in [-0.4, -0.2) is 69.8 Å². The van der Waals surface area contributed by atoms with Crippen LogP contribution in [0.1, 0.15) is 19.8 Å². The number of fused-ring (bicyclic) bond motifs is 3. The quantitative estimate of drug-likeness (QED) is 0.297.